The molecular weight excluding hydrogens is 226 g/mol. The van der Waals surface area contributed by atoms with Crippen molar-refractivity contribution in [3.05, 3.63) is 60.2 Å². The number of benzene rings is 2. The van der Waals surface area contributed by atoms with E-state index in [1.54, 1.807) is 0 Å². The van der Waals surface area contributed by atoms with Gasteiger partial charge in [0.05, 0.1) is 0 Å². The van der Waals surface area contributed by atoms with Crippen LogP contribution >= 0.6 is 0 Å². The van der Waals surface area contributed by atoms with Gasteiger partial charge in [-0.15, -0.1) is 0 Å². The van der Waals surface area contributed by atoms with Crippen molar-refractivity contribution in [2.24, 2.45) is 5.84 Å². The van der Waals surface area contributed by atoms with Gasteiger partial charge in [-0.2, -0.15) is 0 Å². The average molecular weight is 241 g/mol. The van der Waals surface area contributed by atoms with E-state index in [4.69, 9.17) is 5.84 Å². The van der Waals surface area contributed by atoms with Gasteiger partial charge in [0.1, 0.15) is 0 Å². The van der Waals surface area contributed by atoms with Gasteiger partial charge < -0.3 is 5.32 Å². The number of nitrogens with one attached hydrogen (secondary N) is 2. The summed E-state index contributed by atoms with van der Waals surface area (Å²) in [4.78, 5) is 11.1. The number of rotatable bonds is 3. The molecule has 0 unspecified atom stereocenters. The molecule has 0 heterocycles. The largest absolute Gasteiger partial charge is 0.333 e. The molecule has 0 spiro atoms. The van der Waals surface area contributed by atoms with Crippen molar-refractivity contribution in [3.8, 4) is 11.1 Å². The Hall–Kier alpha value is -2.33. The molecule has 2 aromatic carbocycles. The molecule has 0 aliphatic heterocycles. The molecule has 0 atom stereocenters. The van der Waals surface area contributed by atoms with Crippen LogP contribution in [-0.4, -0.2) is 6.03 Å². The molecule has 4 N–H and O–H groups in total. The van der Waals surface area contributed by atoms with Gasteiger partial charge in [0.15, 0.2) is 0 Å². The van der Waals surface area contributed by atoms with Crippen LogP contribution in [0.2, 0.25) is 0 Å². The van der Waals surface area contributed by atoms with E-state index in [-0.39, 0.29) is 0 Å². The molecule has 0 saturated carbocycles. The summed E-state index contributed by atoms with van der Waals surface area (Å²) < 4.78 is 0. The van der Waals surface area contributed by atoms with Crippen LogP contribution < -0.4 is 16.6 Å². The second-order valence-corrected chi connectivity index (χ2v) is 3.85. The summed E-state index contributed by atoms with van der Waals surface area (Å²) in [5.74, 6) is 5.02. The van der Waals surface area contributed by atoms with Crippen LogP contribution in [0, 0.1) is 0 Å². The SMILES string of the molecule is NNC(=O)NCc1ccccc1-c1ccccc1. The monoisotopic (exact) mass is 241 g/mol. The zero-order chi connectivity index (χ0) is 12.8. The van der Waals surface area contributed by atoms with Gasteiger partial charge in [-0.05, 0) is 16.7 Å². The zero-order valence-electron chi connectivity index (χ0n) is 9.89. The van der Waals surface area contributed by atoms with E-state index in [9.17, 15) is 4.79 Å². The molecule has 2 rings (SSSR count). The highest BCUT2D eigenvalue weighted by molar-refractivity contribution is 5.74. The Labute approximate surface area is 106 Å². The fraction of sp³-hybridized carbons (Fsp3) is 0.0714. The molecule has 0 aromatic heterocycles. The number of hydrogen-bond acceptors (Lipinski definition) is 2. The highest BCUT2D eigenvalue weighted by Gasteiger charge is 2.05. The molecule has 0 radical (unpaired) electrons. The number of urea groups is 1. The van der Waals surface area contributed by atoms with Crippen molar-refractivity contribution in [3.63, 3.8) is 0 Å². The summed E-state index contributed by atoms with van der Waals surface area (Å²) >= 11 is 0. The molecule has 2 aromatic rings. The second kappa shape index (κ2) is 5.84. The fourth-order valence-electron chi connectivity index (χ4n) is 1.80. The van der Waals surface area contributed by atoms with Gasteiger partial charge in [0.2, 0.25) is 0 Å². The van der Waals surface area contributed by atoms with Gasteiger partial charge >= 0.3 is 6.03 Å². The third-order valence-corrected chi connectivity index (χ3v) is 2.67. The first-order chi connectivity index (χ1) is 8.81. The van der Waals surface area contributed by atoms with Gasteiger partial charge in [0.25, 0.3) is 0 Å². The van der Waals surface area contributed by atoms with E-state index < -0.39 is 6.03 Å². The van der Waals surface area contributed by atoms with E-state index >= 15 is 0 Å². The smallest absolute Gasteiger partial charge is 0.329 e. The number of hydrogen-bond donors (Lipinski definition) is 3. The van der Waals surface area contributed by atoms with Crippen molar-refractivity contribution < 1.29 is 4.79 Å². The maximum absolute atomic E-state index is 11.1. The summed E-state index contributed by atoms with van der Waals surface area (Å²) in [6, 6.07) is 17.6. The number of nitrogens with two attached hydrogens (primary N) is 1. The normalized spacial score (nSPS) is 9.83. The molecule has 0 bridgehead atoms. The zero-order valence-corrected chi connectivity index (χ0v) is 9.89. The Morgan fingerprint density at radius 3 is 2.39 bits per heavy atom. The molecule has 0 saturated heterocycles. The van der Waals surface area contributed by atoms with Crippen LogP contribution in [-0.2, 0) is 6.54 Å². The Balaban J connectivity index is 2.24. The summed E-state index contributed by atoms with van der Waals surface area (Å²) in [6.07, 6.45) is 0. The van der Waals surface area contributed by atoms with E-state index in [0.29, 0.717) is 6.54 Å². The third kappa shape index (κ3) is 2.87. The van der Waals surface area contributed by atoms with E-state index in [0.717, 1.165) is 16.7 Å². The quantitative estimate of drug-likeness (QED) is 0.437. The maximum Gasteiger partial charge on any atom is 0.329 e. The predicted molar refractivity (Wildman–Crippen MR) is 71.4 cm³/mol. The maximum atomic E-state index is 11.1. The molecule has 4 nitrogen and oxygen atoms in total. The first-order valence-corrected chi connectivity index (χ1v) is 5.69. The molecule has 0 fully saturated rings. The van der Waals surface area contributed by atoms with Crippen LogP contribution in [0.3, 0.4) is 0 Å². The minimum absolute atomic E-state index is 0.391. The van der Waals surface area contributed by atoms with Crippen molar-refractivity contribution in [2.75, 3.05) is 0 Å². The summed E-state index contributed by atoms with van der Waals surface area (Å²) in [5.41, 5.74) is 5.33. The number of hydrazine groups is 1. The lowest BCUT2D eigenvalue weighted by Crippen LogP contribution is -2.39. The molecular formula is C14H15N3O. The molecule has 0 aliphatic rings. The van der Waals surface area contributed by atoms with Crippen molar-refractivity contribution >= 4 is 6.03 Å². The minimum Gasteiger partial charge on any atom is -0.333 e. The van der Waals surface area contributed by atoms with Gasteiger partial charge in [-0.25, -0.2) is 10.6 Å². The molecule has 4 heteroatoms. The molecule has 0 aliphatic carbocycles. The minimum atomic E-state index is -0.391. The topological polar surface area (TPSA) is 67.1 Å². The van der Waals surface area contributed by atoms with Crippen LogP contribution in [0.1, 0.15) is 5.56 Å². The lowest BCUT2D eigenvalue weighted by Gasteiger charge is -2.10. The average Bonchev–Trinajstić information content (AvgIpc) is 2.46. The first-order valence-electron chi connectivity index (χ1n) is 5.69. The van der Waals surface area contributed by atoms with E-state index in [2.05, 4.69) is 5.32 Å². The highest BCUT2D eigenvalue weighted by atomic mass is 16.2. The number of carbonyl (C=O) groups is 1. The van der Waals surface area contributed by atoms with Crippen molar-refractivity contribution in [1.29, 1.82) is 0 Å². The Bertz CT molecular complexity index is 526. The predicted octanol–water partition coefficient (Wildman–Crippen LogP) is 2.03. The van der Waals surface area contributed by atoms with Gasteiger partial charge in [0, 0.05) is 6.54 Å². The molecule has 2 amide bonds. The number of carbonyl (C=O) groups excluding carboxylic acids is 1. The summed E-state index contributed by atoms with van der Waals surface area (Å²) in [7, 11) is 0. The number of amides is 2. The van der Waals surface area contributed by atoms with Gasteiger partial charge in [-0.3, -0.25) is 5.43 Å². The lowest BCUT2D eigenvalue weighted by molar-refractivity contribution is 0.241. The van der Waals surface area contributed by atoms with Crippen LogP contribution in [0.25, 0.3) is 11.1 Å². The lowest BCUT2D eigenvalue weighted by atomic mass is 10.00. The standard InChI is InChI=1S/C14H15N3O/c15-17-14(18)16-10-12-8-4-5-9-13(12)11-6-2-1-3-7-11/h1-9H,10,15H2,(H2,16,17,18). The highest BCUT2D eigenvalue weighted by Crippen LogP contribution is 2.23. The Morgan fingerprint density at radius 1 is 1.00 bits per heavy atom. The Morgan fingerprint density at radius 2 is 1.67 bits per heavy atom. The van der Waals surface area contributed by atoms with Crippen molar-refractivity contribution in [2.45, 2.75) is 6.54 Å². The second-order valence-electron chi connectivity index (χ2n) is 3.85. The van der Waals surface area contributed by atoms with Gasteiger partial charge in [-0.1, -0.05) is 54.6 Å². The molecule has 92 valence electrons. The summed E-state index contributed by atoms with van der Waals surface area (Å²) in [5, 5.41) is 2.68. The van der Waals surface area contributed by atoms with Crippen LogP contribution in [0.5, 0.6) is 0 Å². The van der Waals surface area contributed by atoms with Crippen molar-refractivity contribution in [1.82, 2.24) is 10.7 Å². The third-order valence-electron chi connectivity index (χ3n) is 2.67. The first kappa shape index (κ1) is 12.1. The Kier molecular flexibility index (Phi) is 3.94. The summed E-state index contributed by atoms with van der Waals surface area (Å²) in [6.45, 7) is 0.439. The van der Waals surface area contributed by atoms with E-state index in [1.165, 1.54) is 0 Å². The van der Waals surface area contributed by atoms with E-state index in [1.807, 2.05) is 60.0 Å². The van der Waals surface area contributed by atoms with Crippen LogP contribution in [0.15, 0.2) is 54.6 Å². The fourth-order valence-corrected chi connectivity index (χ4v) is 1.80. The van der Waals surface area contributed by atoms with Crippen LogP contribution in [0.4, 0.5) is 4.79 Å². The molecule has 18 heavy (non-hydrogen) atoms.